The van der Waals surface area contributed by atoms with Crippen LogP contribution in [0.2, 0.25) is 0 Å². The molecule has 0 heterocycles. The highest BCUT2D eigenvalue weighted by molar-refractivity contribution is 5.98. The van der Waals surface area contributed by atoms with Crippen molar-refractivity contribution in [3.05, 3.63) is 29.8 Å². The number of aliphatic carboxylic acids is 2. The van der Waals surface area contributed by atoms with Crippen molar-refractivity contribution in [3.8, 4) is 5.75 Å². The van der Waals surface area contributed by atoms with Gasteiger partial charge in [-0.25, -0.2) is 4.79 Å². The standard InChI is InChI=1S/C46H76N10O15/c1-9-23(5)36(54-40(64)30(20-33(61)62)51-44(68)37(24(6)10-2)55-45(69)38(26(8)58)56-41(65)34(48)25(7)57)42(66)49-21-32(60)53-35(22(3)4)43(67)50-29(13-11-12-18-47)39(63)52-31(46(70)71)19-27-14-16-28(59)17-15-27/h14-17,22-26,29-31,34-38,57-59H,9-13,18-21,47-48H2,1-8H3,(H,49,66)(H,50,67)(H,51,68)(H,52,63)(H,53,60)(H,54,64)(H,55,69)(H,56,65)(H,61,62)(H,70,71)/t23-,24-,25+,26+,29-,30-,31-,34-,35-,36-,37-,38-/m0/s1. The number of nitrogens with one attached hydrogen (secondary N) is 8. The number of benzene rings is 1. The number of aliphatic hydroxyl groups is 2. The van der Waals surface area contributed by atoms with Crippen molar-refractivity contribution in [2.24, 2.45) is 29.2 Å². The molecule has 0 aromatic heterocycles. The second kappa shape index (κ2) is 31.0. The van der Waals surface area contributed by atoms with Gasteiger partial charge in [-0.2, -0.15) is 0 Å². The molecule has 0 bridgehead atoms. The van der Waals surface area contributed by atoms with Gasteiger partial charge >= 0.3 is 11.9 Å². The molecule has 1 rings (SSSR count). The number of phenols is 1. The Morgan fingerprint density at radius 1 is 0.563 bits per heavy atom. The van der Waals surface area contributed by atoms with Crippen LogP contribution in [0.25, 0.3) is 0 Å². The number of rotatable bonds is 32. The molecular formula is C46H76N10O15. The summed E-state index contributed by atoms with van der Waals surface area (Å²) in [5, 5.41) is 68.6. The number of carbonyl (C=O) groups is 10. The van der Waals surface area contributed by atoms with Crippen LogP contribution in [0.3, 0.4) is 0 Å². The molecule has 71 heavy (non-hydrogen) atoms. The van der Waals surface area contributed by atoms with E-state index >= 15 is 0 Å². The third kappa shape index (κ3) is 21.6. The van der Waals surface area contributed by atoms with E-state index in [1.54, 1.807) is 41.5 Å². The summed E-state index contributed by atoms with van der Waals surface area (Å²) in [6, 6.07) is -5.97. The maximum absolute atomic E-state index is 13.7. The number of phenolic OH excluding ortho intramolecular Hbond substituents is 1. The summed E-state index contributed by atoms with van der Waals surface area (Å²) in [4.78, 5) is 132. The van der Waals surface area contributed by atoms with Gasteiger partial charge in [-0.1, -0.05) is 66.5 Å². The van der Waals surface area contributed by atoms with E-state index in [4.69, 9.17) is 11.5 Å². The van der Waals surface area contributed by atoms with Crippen LogP contribution in [0.5, 0.6) is 5.75 Å². The zero-order chi connectivity index (χ0) is 54.3. The maximum atomic E-state index is 13.7. The lowest BCUT2D eigenvalue weighted by atomic mass is 9.96. The summed E-state index contributed by atoms with van der Waals surface area (Å²) in [7, 11) is 0. The van der Waals surface area contributed by atoms with Crippen LogP contribution in [0.15, 0.2) is 24.3 Å². The normalized spacial score (nSPS) is 16.3. The van der Waals surface area contributed by atoms with Gasteiger partial charge in [-0.05, 0) is 75.1 Å². The number of nitrogens with two attached hydrogens (primary N) is 2. The Bertz CT molecular complexity index is 1970. The molecule has 25 nitrogen and oxygen atoms in total. The van der Waals surface area contributed by atoms with Gasteiger partial charge in [-0.15, -0.1) is 0 Å². The van der Waals surface area contributed by atoms with E-state index in [-0.39, 0.29) is 38.0 Å². The average molecular weight is 1010 g/mol. The van der Waals surface area contributed by atoms with E-state index in [2.05, 4.69) is 42.5 Å². The molecule has 400 valence electrons. The fourth-order valence-electron chi connectivity index (χ4n) is 6.82. The predicted molar refractivity (Wildman–Crippen MR) is 256 cm³/mol. The van der Waals surface area contributed by atoms with E-state index in [1.807, 2.05) is 0 Å². The zero-order valence-corrected chi connectivity index (χ0v) is 41.7. The number of amides is 8. The number of hydrogen-bond acceptors (Lipinski definition) is 15. The molecule has 0 saturated carbocycles. The number of unbranched alkanes of at least 4 members (excludes halogenated alkanes) is 1. The Hall–Kier alpha value is -6.44. The first kappa shape index (κ1) is 62.6. The highest BCUT2D eigenvalue weighted by Gasteiger charge is 2.37. The Labute approximate surface area is 413 Å². The van der Waals surface area contributed by atoms with Crippen LogP contribution < -0.4 is 54.0 Å². The van der Waals surface area contributed by atoms with Crippen molar-refractivity contribution >= 4 is 59.2 Å². The fraction of sp³-hybridized carbons (Fsp3) is 0.652. The fourth-order valence-corrected chi connectivity index (χ4v) is 6.82. The van der Waals surface area contributed by atoms with Gasteiger partial charge in [0.2, 0.25) is 47.3 Å². The summed E-state index contributed by atoms with van der Waals surface area (Å²) in [6.45, 7) is 11.7. The summed E-state index contributed by atoms with van der Waals surface area (Å²) in [6.07, 6.45) is -2.47. The lowest BCUT2D eigenvalue weighted by Gasteiger charge is -2.30. The highest BCUT2D eigenvalue weighted by atomic mass is 16.4. The smallest absolute Gasteiger partial charge is 0.326 e. The van der Waals surface area contributed by atoms with Gasteiger partial charge in [0, 0.05) is 6.42 Å². The van der Waals surface area contributed by atoms with Crippen molar-refractivity contribution in [3.63, 3.8) is 0 Å². The van der Waals surface area contributed by atoms with Crippen molar-refractivity contribution < 1.29 is 73.5 Å². The van der Waals surface area contributed by atoms with E-state index < -0.39 is 150 Å². The molecule has 0 aliphatic heterocycles. The topological polar surface area (TPSA) is 420 Å². The maximum Gasteiger partial charge on any atom is 0.326 e. The number of carboxylic acids is 2. The van der Waals surface area contributed by atoms with Crippen LogP contribution >= 0.6 is 0 Å². The molecule has 0 fully saturated rings. The van der Waals surface area contributed by atoms with Crippen LogP contribution in [-0.2, 0) is 54.4 Å². The first-order valence-corrected chi connectivity index (χ1v) is 23.6. The summed E-state index contributed by atoms with van der Waals surface area (Å²) in [5.74, 6) is -12.3. The molecule has 0 saturated heterocycles. The summed E-state index contributed by atoms with van der Waals surface area (Å²) in [5.41, 5.74) is 11.8. The molecule has 12 atom stereocenters. The molecule has 0 aliphatic rings. The average Bonchev–Trinajstić information content (AvgIpc) is 3.30. The van der Waals surface area contributed by atoms with Gasteiger partial charge in [0.1, 0.15) is 54.1 Å². The summed E-state index contributed by atoms with van der Waals surface area (Å²) >= 11 is 0. The van der Waals surface area contributed by atoms with Crippen LogP contribution in [0.4, 0.5) is 0 Å². The Morgan fingerprint density at radius 3 is 1.54 bits per heavy atom. The first-order chi connectivity index (χ1) is 33.2. The SMILES string of the molecule is CC[C@H](C)[C@H](NC(=O)[C@H](CC(=O)O)NC(=O)[C@@H](NC(=O)[C@@H](NC(=O)[C@@H](N)[C@@H](C)O)[C@@H](C)O)[C@@H](C)CC)C(=O)NCC(=O)N[C@H](C(=O)N[C@@H](CCCCN)C(=O)N[C@@H](Cc1ccc(O)cc1)C(=O)O)C(C)C. The predicted octanol–water partition coefficient (Wildman–Crippen LogP) is -3.03. The highest BCUT2D eigenvalue weighted by Crippen LogP contribution is 2.15. The van der Waals surface area contributed by atoms with Gasteiger partial charge in [-0.3, -0.25) is 43.2 Å². The number of carboxylic acid groups (broad SMARTS) is 2. The monoisotopic (exact) mass is 1010 g/mol. The number of aliphatic hydroxyl groups excluding tert-OH is 2. The Morgan fingerprint density at radius 2 is 1.04 bits per heavy atom. The lowest BCUT2D eigenvalue weighted by Crippen LogP contribution is -2.62. The van der Waals surface area contributed by atoms with Gasteiger partial charge < -0.3 is 79.5 Å². The second-order valence-electron chi connectivity index (χ2n) is 18.0. The molecule has 0 aliphatic carbocycles. The number of aromatic hydroxyl groups is 1. The van der Waals surface area contributed by atoms with E-state index in [1.165, 1.54) is 38.1 Å². The van der Waals surface area contributed by atoms with Crippen molar-refractivity contribution in [2.45, 2.75) is 161 Å². The molecule has 1 aromatic rings. The minimum atomic E-state index is -1.82. The lowest BCUT2D eigenvalue weighted by molar-refractivity contribution is -0.142. The van der Waals surface area contributed by atoms with E-state index in [9.17, 15) is 73.5 Å². The van der Waals surface area contributed by atoms with Crippen molar-refractivity contribution in [1.82, 2.24) is 42.5 Å². The van der Waals surface area contributed by atoms with Gasteiger partial charge in [0.05, 0.1) is 25.2 Å². The molecule has 25 heteroatoms. The Kier molecular flexibility index (Phi) is 27.3. The molecule has 8 amide bonds. The van der Waals surface area contributed by atoms with E-state index in [0.29, 0.717) is 18.4 Å². The number of carbonyl (C=O) groups excluding carboxylic acids is 8. The van der Waals surface area contributed by atoms with Crippen molar-refractivity contribution in [1.29, 1.82) is 0 Å². The van der Waals surface area contributed by atoms with Crippen LogP contribution in [0.1, 0.15) is 99.5 Å². The molecule has 0 radical (unpaired) electrons. The van der Waals surface area contributed by atoms with Crippen molar-refractivity contribution in [2.75, 3.05) is 13.1 Å². The Balaban J connectivity index is 3.22. The van der Waals surface area contributed by atoms with Gasteiger partial charge in [0.15, 0.2) is 0 Å². The van der Waals surface area contributed by atoms with Crippen LogP contribution in [-0.4, -0.2) is 158 Å². The zero-order valence-electron chi connectivity index (χ0n) is 41.7. The van der Waals surface area contributed by atoms with Crippen LogP contribution in [0, 0.1) is 17.8 Å². The minimum Gasteiger partial charge on any atom is -0.508 e. The largest absolute Gasteiger partial charge is 0.508 e. The molecule has 1 aromatic carbocycles. The molecule has 0 unspecified atom stereocenters. The summed E-state index contributed by atoms with van der Waals surface area (Å²) < 4.78 is 0. The number of hydrogen-bond donors (Lipinski definition) is 15. The molecule has 0 spiro atoms. The third-order valence-corrected chi connectivity index (χ3v) is 11.7. The second-order valence-corrected chi connectivity index (χ2v) is 18.0. The molecule has 17 N–H and O–H groups in total. The minimum absolute atomic E-state index is 0.0365. The first-order valence-electron chi connectivity index (χ1n) is 23.6. The van der Waals surface area contributed by atoms with E-state index in [0.717, 1.165) is 0 Å². The third-order valence-electron chi connectivity index (χ3n) is 11.7. The molecular weight excluding hydrogens is 933 g/mol. The quantitative estimate of drug-likeness (QED) is 0.0319. The van der Waals surface area contributed by atoms with Gasteiger partial charge in [0.25, 0.3) is 0 Å².